The van der Waals surface area contributed by atoms with E-state index in [4.69, 9.17) is 0 Å². The molecule has 0 amide bonds. The van der Waals surface area contributed by atoms with Gasteiger partial charge in [0.05, 0.1) is 0 Å². The molecule has 0 aromatic heterocycles. The second-order valence-electron chi connectivity index (χ2n) is 6.50. The van der Waals surface area contributed by atoms with Gasteiger partial charge in [-0.15, -0.1) is 0 Å². The second-order valence-corrected chi connectivity index (χ2v) is 6.50. The average molecular weight is 262 g/mol. The highest BCUT2D eigenvalue weighted by molar-refractivity contribution is 5.46. The number of aryl methyl sites for hydroxylation is 1. The Morgan fingerprint density at radius 2 is 1.68 bits per heavy atom. The molecule has 2 heteroatoms. The molecule has 0 aliphatic rings. The Hall–Kier alpha value is -1.02. The maximum absolute atomic E-state index is 3.52. The molecule has 0 atom stereocenters. The van der Waals surface area contributed by atoms with Gasteiger partial charge in [0, 0.05) is 25.8 Å². The molecule has 0 saturated carbocycles. The van der Waals surface area contributed by atoms with E-state index >= 15 is 0 Å². The minimum absolute atomic E-state index is 0.425. The van der Waals surface area contributed by atoms with E-state index in [0.29, 0.717) is 5.41 Å². The molecular formula is C17H30N2. The van der Waals surface area contributed by atoms with Gasteiger partial charge >= 0.3 is 0 Å². The predicted octanol–water partition coefficient (Wildman–Crippen LogP) is 3.71. The normalized spacial score (nSPS) is 11.6. The number of rotatable bonds is 7. The van der Waals surface area contributed by atoms with E-state index in [9.17, 15) is 0 Å². The summed E-state index contributed by atoms with van der Waals surface area (Å²) in [6, 6.07) is 8.87. The quantitative estimate of drug-likeness (QED) is 0.754. The molecule has 0 aliphatic heterocycles. The smallest absolute Gasteiger partial charge is 0.0364 e. The van der Waals surface area contributed by atoms with Gasteiger partial charge in [0.1, 0.15) is 0 Å². The number of likely N-dealkylation sites (N-methyl/N-ethyl adjacent to an activating group) is 1. The van der Waals surface area contributed by atoms with Crippen LogP contribution in [0, 0.1) is 5.41 Å². The first kappa shape index (κ1) is 16.0. The van der Waals surface area contributed by atoms with Crippen molar-refractivity contribution < 1.29 is 0 Å². The Labute approximate surface area is 119 Å². The lowest BCUT2D eigenvalue weighted by Crippen LogP contribution is -2.30. The lowest BCUT2D eigenvalue weighted by molar-refractivity contribution is 0.368. The SMILES string of the molecule is CCc1ccc(N(C)CCNCCC(C)(C)C)cc1. The number of hydrogen-bond donors (Lipinski definition) is 1. The highest BCUT2D eigenvalue weighted by Gasteiger charge is 2.08. The summed E-state index contributed by atoms with van der Waals surface area (Å²) in [5.41, 5.74) is 3.13. The Kier molecular flexibility index (Phi) is 6.36. The molecule has 2 nitrogen and oxygen atoms in total. The van der Waals surface area contributed by atoms with Gasteiger partial charge in [-0.1, -0.05) is 39.8 Å². The fraction of sp³-hybridized carbons (Fsp3) is 0.647. The molecule has 1 N–H and O–H groups in total. The first-order chi connectivity index (χ1) is 8.92. The molecule has 0 heterocycles. The molecule has 0 bridgehead atoms. The third-order valence-electron chi connectivity index (χ3n) is 3.46. The summed E-state index contributed by atoms with van der Waals surface area (Å²) >= 11 is 0. The van der Waals surface area contributed by atoms with Crippen molar-refractivity contribution in [3.8, 4) is 0 Å². The average Bonchev–Trinajstić information content (AvgIpc) is 2.37. The summed E-state index contributed by atoms with van der Waals surface area (Å²) < 4.78 is 0. The molecule has 0 unspecified atom stereocenters. The molecular weight excluding hydrogens is 232 g/mol. The molecule has 0 spiro atoms. The minimum atomic E-state index is 0.425. The number of nitrogens with one attached hydrogen (secondary N) is 1. The molecule has 0 fully saturated rings. The number of benzene rings is 1. The maximum atomic E-state index is 3.52. The lowest BCUT2D eigenvalue weighted by atomic mass is 9.92. The van der Waals surface area contributed by atoms with Crippen LogP contribution in [0.2, 0.25) is 0 Å². The Balaban J connectivity index is 2.25. The van der Waals surface area contributed by atoms with Crippen molar-refractivity contribution in [3.63, 3.8) is 0 Å². The van der Waals surface area contributed by atoms with Crippen LogP contribution in [0.5, 0.6) is 0 Å². The van der Waals surface area contributed by atoms with E-state index in [1.807, 2.05) is 0 Å². The summed E-state index contributed by atoms with van der Waals surface area (Å²) in [5, 5.41) is 3.52. The van der Waals surface area contributed by atoms with Gasteiger partial charge in [0.15, 0.2) is 0 Å². The number of hydrogen-bond acceptors (Lipinski definition) is 2. The Morgan fingerprint density at radius 3 is 2.21 bits per heavy atom. The molecule has 1 rings (SSSR count). The second kappa shape index (κ2) is 7.54. The van der Waals surface area contributed by atoms with Gasteiger partial charge < -0.3 is 10.2 Å². The first-order valence-electron chi connectivity index (χ1n) is 7.43. The van der Waals surface area contributed by atoms with Crippen molar-refractivity contribution in [1.82, 2.24) is 5.32 Å². The van der Waals surface area contributed by atoms with Crippen LogP contribution in [0.1, 0.15) is 39.7 Å². The molecule has 108 valence electrons. The van der Waals surface area contributed by atoms with Gasteiger partial charge in [-0.25, -0.2) is 0 Å². The van der Waals surface area contributed by atoms with Crippen LogP contribution in [0.25, 0.3) is 0 Å². The standard InChI is InChI=1S/C17H30N2/c1-6-15-7-9-16(10-8-15)19(5)14-13-18-12-11-17(2,3)4/h7-10,18H,6,11-14H2,1-5H3. The molecule has 1 aromatic rings. The third-order valence-corrected chi connectivity index (χ3v) is 3.46. The van der Waals surface area contributed by atoms with Crippen molar-refractivity contribution in [2.45, 2.75) is 40.5 Å². The molecule has 0 saturated heterocycles. The van der Waals surface area contributed by atoms with Gasteiger partial charge in [-0.3, -0.25) is 0 Å². The Bertz CT molecular complexity index is 349. The summed E-state index contributed by atoms with van der Waals surface area (Å²) in [6.45, 7) is 12.3. The van der Waals surface area contributed by atoms with Crippen molar-refractivity contribution in [1.29, 1.82) is 0 Å². The summed E-state index contributed by atoms with van der Waals surface area (Å²) in [6.07, 6.45) is 2.33. The Morgan fingerprint density at radius 1 is 1.05 bits per heavy atom. The predicted molar refractivity (Wildman–Crippen MR) is 86.0 cm³/mol. The summed E-state index contributed by atoms with van der Waals surface area (Å²) in [7, 11) is 2.16. The summed E-state index contributed by atoms with van der Waals surface area (Å²) in [4.78, 5) is 2.31. The van der Waals surface area contributed by atoms with Gasteiger partial charge in [-0.05, 0) is 42.5 Å². The van der Waals surface area contributed by atoms with Crippen LogP contribution in [0.15, 0.2) is 24.3 Å². The van der Waals surface area contributed by atoms with E-state index in [1.54, 1.807) is 0 Å². The van der Waals surface area contributed by atoms with Crippen LogP contribution in [0.3, 0.4) is 0 Å². The van der Waals surface area contributed by atoms with Crippen molar-refractivity contribution in [2.75, 3.05) is 31.6 Å². The van der Waals surface area contributed by atoms with Crippen LogP contribution >= 0.6 is 0 Å². The van der Waals surface area contributed by atoms with Crippen molar-refractivity contribution in [2.24, 2.45) is 5.41 Å². The highest BCUT2D eigenvalue weighted by Crippen LogP contribution is 2.17. The largest absolute Gasteiger partial charge is 0.373 e. The number of nitrogens with zero attached hydrogens (tertiary/aromatic N) is 1. The fourth-order valence-electron chi connectivity index (χ4n) is 1.95. The molecule has 0 radical (unpaired) electrons. The molecule has 1 aromatic carbocycles. The van der Waals surface area contributed by atoms with Gasteiger partial charge in [-0.2, -0.15) is 0 Å². The van der Waals surface area contributed by atoms with E-state index in [-0.39, 0.29) is 0 Å². The van der Waals surface area contributed by atoms with E-state index < -0.39 is 0 Å². The van der Waals surface area contributed by atoms with Crippen LogP contribution in [-0.2, 0) is 6.42 Å². The van der Waals surface area contributed by atoms with Gasteiger partial charge in [0.25, 0.3) is 0 Å². The van der Waals surface area contributed by atoms with Crippen molar-refractivity contribution >= 4 is 5.69 Å². The monoisotopic (exact) mass is 262 g/mol. The van der Waals surface area contributed by atoms with Crippen molar-refractivity contribution in [3.05, 3.63) is 29.8 Å². The minimum Gasteiger partial charge on any atom is -0.373 e. The van der Waals surface area contributed by atoms with Crippen LogP contribution in [0.4, 0.5) is 5.69 Å². The fourth-order valence-corrected chi connectivity index (χ4v) is 1.95. The zero-order valence-corrected chi connectivity index (χ0v) is 13.3. The number of anilines is 1. The first-order valence-corrected chi connectivity index (χ1v) is 7.43. The molecule has 0 aliphatic carbocycles. The highest BCUT2D eigenvalue weighted by atomic mass is 15.1. The zero-order chi connectivity index (χ0) is 14.3. The lowest BCUT2D eigenvalue weighted by Gasteiger charge is -2.21. The molecule has 19 heavy (non-hydrogen) atoms. The van der Waals surface area contributed by atoms with E-state index in [1.165, 1.54) is 17.7 Å². The summed E-state index contributed by atoms with van der Waals surface area (Å²) in [5.74, 6) is 0. The van der Waals surface area contributed by atoms with Gasteiger partial charge in [0.2, 0.25) is 0 Å². The van der Waals surface area contributed by atoms with E-state index in [2.05, 4.69) is 69.2 Å². The maximum Gasteiger partial charge on any atom is 0.0364 e. The topological polar surface area (TPSA) is 15.3 Å². The zero-order valence-electron chi connectivity index (χ0n) is 13.3. The van der Waals surface area contributed by atoms with E-state index in [0.717, 1.165) is 26.1 Å². The third kappa shape index (κ3) is 6.63. The van der Waals surface area contributed by atoms with Crippen LogP contribution in [-0.4, -0.2) is 26.7 Å². The van der Waals surface area contributed by atoms with Crippen LogP contribution < -0.4 is 10.2 Å².